The summed E-state index contributed by atoms with van der Waals surface area (Å²) < 4.78 is 5.23. The highest BCUT2D eigenvalue weighted by atomic mass is 16.6. The van der Waals surface area contributed by atoms with Gasteiger partial charge in [-0.25, -0.2) is 0 Å². The summed E-state index contributed by atoms with van der Waals surface area (Å²) >= 11 is 0. The predicted molar refractivity (Wildman–Crippen MR) is 40.1 cm³/mol. The summed E-state index contributed by atoms with van der Waals surface area (Å²) in [6.45, 7) is 3.74. The van der Waals surface area contributed by atoms with Gasteiger partial charge in [0.15, 0.2) is 0 Å². The van der Waals surface area contributed by atoms with Gasteiger partial charge < -0.3 is 10.1 Å². The van der Waals surface area contributed by atoms with E-state index in [9.17, 15) is 4.79 Å². The van der Waals surface area contributed by atoms with Crippen LogP contribution in [0.1, 0.15) is 19.8 Å². The van der Waals surface area contributed by atoms with Gasteiger partial charge in [0.1, 0.15) is 0 Å². The number of rotatable bonds is 2. The van der Waals surface area contributed by atoms with E-state index in [1.807, 2.05) is 0 Å². The molecule has 2 rings (SSSR count). The Morgan fingerprint density at radius 1 is 1.82 bits per heavy atom. The van der Waals surface area contributed by atoms with E-state index >= 15 is 0 Å². The van der Waals surface area contributed by atoms with Crippen molar-refractivity contribution in [1.29, 1.82) is 0 Å². The fourth-order valence-corrected chi connectivity index (χ4v) is 1.60. The standard InChI is InChI=1S/C8H13NO2/c1-8(5-11-8)4-6-2-3-9-7(6)10/h6H,2-5H2,1H3,(H,9,10). The lowest BCUT2D eigenvalue weighted by molar-refractivity contribution is -0.122. The van der Waals surface area contributed by atoms with Crippen LogP contribution >= 0.6 is 0 Å². The Bertz CT molecular complexity index is 187. The van der Waals surface area contributed by atoms with Gasteiger partial charge in [-0.1, -0.05) is 0 Å². The van der Waals surface area contributed by atoms with Crippen LogP contribution in [0.3, 0.4) is 0 Å². The molecule has 0 aromatic heterocycles. The molecule has 0 bridgehead atoms. The van der Waals surface area contributed by atoms with Gasteiger partial charge in [0.2, 0.25) is 5.91 Å². The van der Waals surface area contributed by atoms with Crippen LogP contribution in [0.2, 0.25) is 0 Å². The van der Waals surface area contributed by atoms with E-state index in [1.54, 1.807) is 0 Å². The zero-order valence-electron chi connectivity index (χ0n) is 6.72. The smallest absolute Gasteiger partial charge is 0.223 e. The molecule has 0 saturated carbocycles. The number of carbonyl (C=O) groups excluding carboxylic acids is 1. The molecule has 2 heterocycles. The highest BCUT2D eigenvalue weighted by Crippen LogP contribution is 2.35. The maximum absolute atomic E-state index is 11.1. The third-order valence-electron chi connectivity index (χ3n) is 2.48. The van der Waals surface area contributed by atoms with Crippen LogP contribution in [0.4, 0.5) is 0 Å². The number of nitrogens with one attached hydrogen (secondary N) is 1. The van der Waals surface area contributed by atoms with Gasteiger partial charge in [0.25, 0.3) is 0 Å². The van der Waals surface area contributed by atoms with Crippen molar-refractivity contribution in [3.05, 3.63) is 0 Å². The Morgan fingerprint density at radius 2 is 2.55 bits per heavy atom. The molecule has 1 amide bonds. The van der Waals surface area contributed by atoms with Gasteiger partial charge in [-0.05, 0) is 19.8 Å². The molecule has 3 nitrogen and oxygen atoms in total. The van der Waals surface area contributed by atoms with Crippen molar-refractivity contribution in [2.45, 2.75) is 25.4 Å². The van der Waals surface area contributed by atoms with Crippen LogP contribution < -0.4 is 5.32 Å². The second-order valence-electron chi connectivity index (χ2n) is 3.72. The Labute approximate surface area is 66.1 Å². The van der Waals surface area contributed by atoms with E-state index in [4.69, 9.17) is 4.74 Å². The molecule has 2 unspecified atom stereocenters. The predicted octanol–water partition coefficient (Wildman–Crippen LogP) is 0.301. The molecule has 0 spiro atoms. The van der Waals surface area contributed by atoms with Crippen molar-refractivity contribution in [2.75, 3.05) is 13.2 Å². The first-order valence-corrected chi connectivity index (χ1v) is 4.11. The third kappa shape index (κ3) is 1.38. The zero-order valence-corrected chi connectivity index (χ0v) is 6.72. The topological polar surface area (TPSA) is 41.6 Å². The average molecular weight is 155 g/mol. The van der Waals surface area contributed by atoms with E-state index in [-0.39, 0.29) is 17.4 Å². The van der Waals surface area contributed by atoms with Gasteiger partial charge in [-0.3, -0.25) is 4.79 Å². The zero-order chi connectivity index (χ0) is 7.90. The molecule has 3 heteroatoms. The second kappa shape index (κ2) is 2.21. The first kappa shape index (κ1) is 7.10. The molecule has 2 atom stereocenters. The monoisotopic (exact) mass is 155 g/mol. The fourth-order valence-electron chi connectivity index (χ4n) is 1.60. The van der Waals surface area contributed by atoms with E-state index < -0.39 is 0 Å². The molecule has 0 radical (unpaired) electrons. The third-order valence-corrected chi connectivity index (χ3v) is 2.48. The van der Waals surface area contributed by atoms with Gasteiger partial charge >= 0.3 is 0 Å². The molecule has 2 fully saturated rings. The summed E-state index contributed by atoms with van der Waals surface area (Å²) in [6.07, 6.45) is 1.89. The Morgan fingerprint density at radius 3 is 3.00 bits per heavy atom. The molecule has 2 aliphatic rings. The summed E-state index contributed by atoms with van der Waals surface area (Å²) in [5, 5.41) is 2.83. The van der Waals surface area contributed by atoms with Gasteiger partial charge in [-0.2, -0.15) is 0 Å². The van der Waals surface area contributed by atoms with Gasteiger partial charge in [0.05, 0.1) is 12.2 Å². The lowest BCUT2D eigenvalue weighted by atomic mass is 9.95. The number of epoxide rings is 1. The molecule has 0 aliphatic carbocycles. The van der Waals surface area contributed by atoms with Crippen LogP contribution in [-0.2, 0) is 9.53 Å². The van der Waals surface area contributed by atoms with E-state index in [0.717, 1.165) is 26.0 Å². The highest BCUT2D eigenvalue weighted by Gasteiger charge is 2.43. The number of amides is 1. The minimum absolute atomic E-state index is 0.0341. The summed E-state index contributed by atoms with van der Waals surface area (Å²) in [5.74, 6) is 0.421. The minimum atomic E-state index is 0.0341. The van der Waals surface area contributed by atoms with E-state index in [2.05, 4.69) is 12.2 Å². The van der Waals surface area contributed by atoms with Crippen LogP contribution in [-0.4, -0.2) is 24.7 Å². The maximum atomic E-state index is 11.1. The Kier molecular flexibility index (Phi) is 1.42. The lowest BCUT2D eigenvalue weighted by Gasteiger charge is -2.08. The first-order chi connectivity index (χ1) is 5.20. The van der Waals surface area contributed by atoms with Gasteiger partial charge in [0, 0.05) is 12.5 Å². The van der Waals surface area contributed by atoms with Crippen LogP contribution in [0.15, 0.2) is 0 Å². The summed E-state index contributed by atoms with van der Waals surface area (Å²) in [4.78, 5) is 11.1. The van der Waals surface area contributed by atoms with Crippen molar-refractivity contribution in [2.24, 2.45) is 5.92 Å². The van der Waals surface area contributed by atoms with Crippen LogP contribution in [0, 0.1) is 5.92 Å². The maximum Gasteiger partial charge on any atom is 0.223 e. The molecule has 2 saturated heterocycles. The second-order valence-corrected chi connectivity index (χ2v) is 3.72. The van der Waals surface area contributed by atoms with E-state index in [0.29, 0.717) is 0 Å². The quantitative estimate of drug-likeness (QED) is 0.583. The van der Waals surface area contributed by atoms with Crippen molar-refractivity contribution in [3.8, 4) is 0 Å². The number of ether oxygens (including phenoxy) is 1. The van der Waals surface area contributed by atoms with Crippen LogP contribution in [0.5, 0.6) is 0 Å². The van der Waals surface area contributed by atoms with Crippen molar-refractivity contribution >= 4 is 5.91 Å². The van der Waals surface area contributed by atoms with Crippen molar-refractivity contribution in [3.63, 3.8) is 0 Å². The van der Waals surface area contributed by atoms with Crippen LogP contribution in [0.25, 0.3) is 0 Å². The molecule has 62 valence electrons. The van der Waals surface area contributed by atoms with E-state index in [1.165, 1.54) is 0 Å². The van der Waals surface area contributed by atoms with Crippen molar-refractivity contribution in [1.82, 2.24) is 5.32 Å². The lowest BCUT2D eigenvalue weighted by Crippen LogP contribution is -2.22. The number of hydrogen-bond donors (Lipinski definition) is 1. The average Bonchev–Trinajstić information content (AvgIpc) is 2.54. The SMILES string of the molecule is CC1(CC2CCNC2=O)CO1. The molecule has 2 aliphatic heterocycles. The number of carbonyl (C=O) groups is 1. The molecular formula is C8H13NO2. The Hall–Kier alpha value is -0.570. The Balaban J connectivity index is 1.90. The minimum Gasteiger partial charge on any atom is -0.370 e. The van der Waals surface area contributed by atoms with Crippen molar-refractivity contribution < 1.29 is 9.53 Å². The fraction of sp³-hybridized carbons (Fsp3) is 0.875. The highest BCUT2D eigenvalue weighted by molar-refractivity contribution is 5.80. The summed E-state index contributed by atoms with van der Waals surface area (Å²) in [7, 11) is 0. The molecule has 11 heavy (non-hydrogen) atoms. The molecule has 0 aromatic rings. The van der Waals surface area contributed by atoms with Gasteiger partial charge in [-0.15, -0.1) is 0 Å². The molecular weight excluding hydrogens is 142 g/mol. The summed E-state index contributed by atoms with van der Waals surface area (Å²) in [5.41, 5.74) is 0.0341. The molecule has 1 N–H and O–H groups in total. The normalized spacial score (nSPS) is 42.3. The summed E-state index contributed by atoms with van der Waals surface area (Å²) in [6, 6.07) is 0. The first-order valence-electron chi connectivity index (χ1n) is 4.11. The largest absolute Gasteiger partial charge is 0.370 e. The number of hydrogen-bond acceptors (Lipinski definition) is 2. The molecule has 0 aromatic carbocycles.